The quantitative estimate of drug-likeness (QED) is 0.651. The van der Waals surface area contributed by atoms with Gasteiger partial charge in [-0.2, -0.15) is 0 Å². The van der Waals surface area contributed by atoms with Gasteiger partial charge in [0.1, 0.15) is 11.5 Å². The molecule has 0 atom stereocenters. The monoisotopic (exact) mass is 396 g/mol. The minimum absolute atomic E-state index is 0.314. The van der Waals surface area contributed by atoms with Crippen LogP contribution in [0, 0.1) is 13.8 Å². The smallest absolute Gasteiger partial charge is 0.251 e. The Morgan fingerprint density at radius 2 is 1.62 bits per heavy atom. The van der Waals surface area contributed by atoms with Crippen LogP contribution in [0.5, 0.6) is 11.5 Å². The van der Waals surface area contributed by atoms with Crippen LogP contribution in [-0.2, 0) is 13.1 Å². The first-order chi connectivity index (χ1) is 14.1. The van der Waals surface area contributed by atoms with Gasteiger partial charge in [-0.3, -0.25) is 9.80 Å². The molecule has 1 aromatic carbocycles. The normalized spacial score (nSPS) is 17.2. The summed E-state index contributed by atoms with van der Waals surface area (Å²) in [5.74, 6) is 4.48. The lowest BCUT2D eigenvalue weighted by atomic mass is 10.1. The number of aromatic nitrogens is 2. The van der Waals surface area contributed by atoms with Crippen LogP contribution in [0.1, 0.15) is 23.0 Å². The number of aryl methyl sites for hydroxylation is 2. The first-order valence-electron chi connectivity index (χ1n) is 9.87. The van der Waals surface area contributed by atoms with Crippen molar-refractivity contribution in [1.29, 1.82) is 0 Å². The van der Waals surface area contributed by atoms with E-state index in [2.05, 4.69) is 32.1 Å². The molecule has 2 aliphatic heterocycles. The number of hydrogen-bond donors (Lipinski definition) is 0. The van der Waals surface area contributed by atoms with Crippen molar-refractivity contribution in [2.75, 3.05) is 33.0 Å². The summed E-state index contributed by atoms with van der Waals surface area (Å²) in [5, 5.41) is 8.41. The number of fused-ring (bicyclic) bond motifs is 1. The minimum atomic E-state index is 0.314. The highest BCUT2D eigenvalue weighted by Crippen LogP contribution is 2.33. The fourth-order valence-electron chi connectivity index (χ4n) is 3.86. The van der Waals surface area contributed by atoms with Crippen LogP contribution >= 0.6 is 0 Å². The van der Waals surface area contributed by atoms with E-state index in [1.165, 1.54) is 5.56 Å². The highest BCUT2D eigenvalue weighted by atomic mass is 16.7. The summed E-state index contributed by atoms with van der Waals surface area (Å²) in [6, 6.07) is 8.11. The summed E-state index contributed by atoms with van der Waals surface area (Å²) in [5.41, 5.74) is 2.12. The van der Waals surface area contributed by atoms with Gasteiger partial charge in [0, 0.05) is 32.7 Å². The van der Waals surface area contributed by atoms with E-state index in [0.717, 1.165) is 61.3 Å². The molecule has 2 aromatic heterocycles. The molecule has 8 nitrogen and oxygen atoms in total. The van der Waals surface area contributed by atoms with E-state index in [4.69, 9.17) is 18.3 Å². The van der Waals surface area contributed by atoms with Crippen LogP contribution in [-0.4, -0.2) is 53.0 Å². The predicted octanol–water partition coefficient (Wildman–Crippen LogP) is 2.99. The summed E-state index contributed by atoms with van der Waals surface area (Å²) in [6.07, 6.45) is 0. The highest BCUT2D eigenvalue weighted by molar-refractivity contribution is 5.55. The van der Waals surface area contributed by atoms with Crippen LogP contribution in [0.2, 0.25) is 0 Å². The van der Waals surface area contributed by atoms with E-state index in [0.29, 0.717) is 25.1 Å². The predicted molar refractivity (Wildman–Crippen MR) is 105 cm³/mol. The zero-order valence-electron chi connectivity index (χ0n) is 16.7. The van der Waals surface area contributed by atoms with E-state index in [1.807, 2.05) is 26.0 Å². The van der Waals surface area contributed by atoms with Gasteiger partial charge < -0.3 is 18.3 Å². The van der Waals surface area contributed by atoms with Crippen molar-refractivity contribution >= 4 is 0 Å². The Bertz CT molecular complexity index is 1000. The molecule has 0 spiro atoms. The number of rotatable bonds is 5. The number of hydrogen-bond acceptors (Lipinski definition) is 8. The second-order valence-corrected chi connectivity index (χ2v) is 7.57. The molecule has 1 fully saturated rings. The topological polar surface area (TPSA) is 77.0 Å². The molecule has 1 saturated heterocycles. The second kappa shape index (κ2) is 7.53. The van der Waals surface area contributed by atoms with E-state index >= 15 is 0 Å². The van der Waals surface area contributed by atoms with Crippen LogP contribution in [0.4, 0.5) is 0 Å². The molecular formula is C21H24N4O4. The molecule has 0 aliphatic carbocycles. The molecule has 0 saturated carbocycles. The fraction of sp³-hybridized carbons (Fsp3) is 0.429. The first-order valence-corrected chi connectivity index (χ1v) is 9.87. The Hall–Kier alpha value is -2.84. The lowest BCUT2D eigenvalue weighted by Gasteiger charge is -2.33. The van der Waals surface area contributed by atoms with Crippen LogP contribution in [0.15, 0.2) is 33.1 Å². The van der Waals surface area contributed by atoms with Crippen LogP contribution in [0.25, 0.3) is 11.5 Å². The molecule has 0 unspecified atom stereocenters. The third-order valence-corrected chi connectivity index (χ3v) is 5.41. The molecule has 3 aromatic rings. The Morgan fingerprint density at radius 1 is 0.862 bits per heavy atom. The Labute approximate surface area is 169 Å². The third kappa shape index (κ3) is 3.86. The molecule has 152 valence electrons. The molecular weight excluding hydrogens is 372 g/mol. The third-order valence-electron chi connectivity index (χ3n) is 5.41. The number of nitrogens with zero attached hydrogens (tertiary/aromatic N) is 4. The van der Waals surface area contributed by atoms with Gasteiger partial charge in [-0.1, -0.05) is 6.07 Å². The summed E-state index contributed by atoms with van der Waals surface area (Å²) in [4.78, 5) is 4.80. The average Bonchev–Trinajstić information content (AvgIpc) is 3.43. The van der Waals surface area contributed by atoms with E-state index in [-0.39, 0.29) is 0 Å². The second-order valence-electron chi connectivity index (χ2n) is 7.57. The number of ether oxygens (including phenoxy) is 2. The van der Waals surface area contributed by atoms with E-state index in [1.54, 1.807) is 0 Å². The lowest BCUT2D eigenvalue weighted by Crippen LogP contribution is -2.45. The summed E-state index contributed by atoms with van der Waals surface area (Å²) in [6.45, 7) is 9.63. The van der Waals surface area contributed by atoms with E-state index in [9.17, 15) is 0 Å². The van der Waals surface area contributed by atoms with E-state index < -0.39 is 0 Å². The minimum Gasteiger partial charge on any atom is -0.466 e. The van der Waals surface area contributed by atoms with Gasteiger partial charge in [0.05, 0.1) is 12.1 Å². The molecule has 0 bridgehead atoms. The highest BCUT2D eigenvalue weighted by Gasteiger charge is 2.21. The molecule has 8 heteroatoms. The van der Waals surface area contributed by atoms with Gasteiger partial charge in [-0.15, -0.1) is 10.2 Å². The van der Waals surface area contributed by atoms with Crippen molar-refractivity contribution in [1.82, 2.24) is 20.0 Å². The van der Waals surface area contributed by atoms with Crippen molar-refractivity contribution in [3.8, 4) is 23.0 Å². The van der Waals surface area contributed by atoms with Gasteiger partial charge in [0.15, 0.2) is 11.5 Å². The SMILES string of the molecule is Cc1cc(-c2nnc(CN3CCN(Cc4ccc5c(c4)OCO5)CC3)o2)c(C)o1. The van der Waals surface area contributed by atoms with Crippen LogP contribution in [0.3, 0.4) is 0 Å². The van der Waals surface area contributed by atoms with Crippen molar-refractivity contribution in [2.45, 2.75) is 26.9 Å². The van der Waals surface area contributed by atoms with Crippen molar-refractivity contribution in [3.63, 3.8) is 0 Å². The van der Waals surface area contributed by atoms with Gasteiger partial charge in [0.2, 0.25) is 12.7 Å². The van der Waals surface area contributed by atoms with Gasteiger partial charge in [-0.05, 0) is 37.6 Å². The van der Waals surface area contributed by atoms with Crippen molar-refractivity contribution in [2.24, 2.45) is 0 Å². The lowest BCUT2D eigenvalue weighted by molar-refractivity contribution is 0.114. The largest absolute Gasteiger partial charge is 0.466 e. The zero-order valence-corrected chi connectivity index (χ0v) is 16.7. The Morgan fingerprint density at radius 3 is 2.38 bits per heavy atom. The number of benzene rings is 1. The molecule has 4 heterocycles. The maximum Gasteiger partial charge on any atom is 0.251 e. The van der Waals surface area contributed by atoms with Crippen molar-refractivity contribution in [3.05, 3.63) is 47.2 Å². The zero-order chi connectivity index (χ0) is 19.8. The molecule has 0 radical (unpaired) electrons. The fourth-order valence-corrected chi connectivity index (χ4v) is 3.86. The molecule has 0 N–H and O–H groups in total. The number of furan rings is 1. The Kier molecular flexibility index (Phi) is 4.73. The molecule has 5 rings (SSSR count). The number of piperazine rings is 1. The molecule has 2 aliphatic rings. The van der Waals surface area contributed by atoms with Crippen molar-refractivity contribution < 1.29 is 18.3 Å². The maximum atomic E-state index is 5.87. The maximum absolute atomic E-state index is 5.87. The average molecular weight is 396 g/mol. The van der Waals surface area contributed by atoms with Crippen LogP contribution < -0.4 is 9.47 Å². The van der Waals surface area contributed by atoms with Gasteiger partial charge in [-0.25, -0.2) is 0 Å². The summed E-state index contributed by atoms with van der Waals surface area (Å²) >= 11 is 0. The van der Waals surface area contributed by atoms with Gasteiger partial charge >= 0.3 is 0 Å². The Balaban J connectivity index is 1.15. The molecule has 29 heavy (non-hydrogen) atoms. The summed E-state index contributed by atoms with van der Waals surface area (Å²) < 4.78 is 22.3. The standard InChI is InChI=1S/C21H24N4O4/c1-14-9-17(15(2)28-14)21-23-22-20(29-21)12-25-7-5-24(6-8-25)11-16-3-4-18-19(10-16)27-13-26-18/h3-4,9-10H,5-8,11-13H2,1-2H3. The first kappa shape index (κ1) is 18.2. The molecule has 0 amide bonds. The summed E-state index contributed by atoms with van der Waals surface area (Å²) in [7, 11) is 0. The van der Waals surface area contributed by atoms with Gasteiger partial charge in [0.25, 0.3) is 5.89 Å².